The van der Waals surface area contributed by atoms with Gasteiger partial charge in [0.25, 0.3) is 17.5 Å². The van der Waals surface area contributed by atoms with Gasteiger partial charge in [-0.1, -0.05) is 12.1 Å². The summed E-state index contributed by atoms with van der Waals surface area (Å²) in [6.45, 7) is 4.83. The summed E-state index contributed by atoms with van der Waals surface area (Å²) in [4.78, 5) is 41.0. The Bertz CT molecular complexity index is 1120. The Hall–Kier alpha value is -3.52. The molecule has 4 rings (SSSR count). The van der Waals surface area contributed by atoms with Crippen LogP contribution in [0.3, 0.4) is 0 Å². The molecule has 2 aliphatic rings. The predicted molar refractivity (Wildman–Crippen MR) is 120 cm³/mol. The lowest BCUT2D eigenvalue weighted by Crippen LogP contribution is -2.40. The molecule has 166 valence electrons. The lowest BCUT2D eigenvalue weighted by molar-refractivity contribution is -0.384. The van der Waals surface area contributed by atoms with Crippen LogP contribution in [-0.4, -0.2) is 46.4 Å². The molecule has 2 aromatic rings. The maximum atomic E-state index is 13.7. The van der Waals surface area contributed by atoms with Crippen LogP contribution in [0.1, 0.15) is 29.5 Å². The number of anilines is 1. The summed E-state index contributed by atoms with van der Waals surface area (Å²) in [7, 11) is 0. The van der Waals surface area contributed by atoms with Crippen LogP contribution in [0, 0.1) is 29.9 Å². The highest BCUT2D eigenvalue weighted by molar-refractivity contribution is 6.45. The Morgan fingerprint density at radius 3 is 2.47 bits per heavy atom. The number of nitro benzene ring substituents is 1. The Balaban J connectivity index is 1.84. The number of nitro groups is 1. The van der Waals surface area contributed by atoms with E-state index in [1.807, 2.05) is 36.9 Å². The summed E-state index contributed by atoms with van der Waals surface area (Å²) in [6.07, 6.45) is 1.66. The number of non-ortho nitro benzene ring substituents is 1. The van der Waals surface area contributed by atoms with Gasteiger partial charge in [-0.2, -0.15) is 0 Å². The molecule has 8 nitrogen and oxygen atoms in total. The fraction of sp³-hybridized carbons (Fsp3) is 0.333. The summed E-state index contributed by atoms with van der Waals surface area (Å²) < 4.78 is 0. The number of hydrogen-bond donors (Lipinski definition) is 1. The van der Waals surface area contributed by atoms with Crippen molar-refractivity contribution in [1.29, 1.82) is 0 Å². The molecule has 32 heavy (non-hydrogen) atoms. The van der Waals surface area contributed by atoms with Crippen LogP contribution in [0.5, 0.6) is 0 Å². The van der Waals surface area contributed by atoms with Crippen molar-refractivity contribution in [3.05, 3.63) is 75.0 Å². The topological polar surface area (TPSA) is 104 Å². The maximum absolute atomic E-state index is 13.7. The number of carbonyl (C=O) groups is 2. The third kappa shape index (κ3) is 3.78. The molecule has 8 heteroatoms. The smallest absolute Gasteiger partial charge is 0.282 e. The van der Waals surface area contributed by atoms with Crippen molar-refractivity contribution in [1.82, 2.24) is 4.90 Å². The van der Waals surface area contributed by atoms with Crippen molar-refractivity contribution in [3.8, 4) is 0 Å². The van der Waals surface area contributed by atoms with Crippen LogP contribution >= 0.6 is 0 Å². The minimum atomic E-state index is -0.500. The van der Waals surface area contributed by atoms with Crippen LogP contribution in [-0.2, 0) is 9.59 Å². The van der Waals surface area contributed by atoms with E-state index in [0.29, 0.717) is 30.0 Å². The molecule has 0 aliphatic carbocycles. The van der Waals surface area contributed by atoms with Gasteiger partial charge < -0.3 is 10.0 Å². The summed E-state index contributed by atoms with van der Waals surface area (Å²) in [5.74, 6) is -0.832. The van der Waals surface area contributed by atoms with E-state index in [9.17, 15) is 24.8 Å². The molecule has 1 N–H and O–H groups in total. The van der Waals surface area contributed by atoms with Crippen LogP contribution in [0.15, 0.2) is 48.2 Å². The Morgan fingerprint density at radius 1 is 1.09 bits per heavy atom. The molecule has 1 unspecified atom stereocenters. The van der Waals surface area contributed by atoms with Crippen molar-refractivity contribution in [2.45, 2.75) is 26.7 Å². The number of aliphatic hydroxyl groups is 1. The van der Waals surface area contributed by atoms with E-state index in [0.717, 1.165) is 24.0 Å². The molecular formula is C24H25N3O5. The quantitative estimate of drug-likeness (QED) is 0.439. The number of rotatable bonds is 5. The van der Waals surface area contributed by atoms with Crippen molar-refractivity contribution < 1.29 is 19.6 Å². The van der Waals surface area contributed by atoms with Gasteiger partial charge in [0.15, 0.2) is 0 Å². The SMILES string of the molecule is Cc1ccc(C)c(N2C(=O)C(c3ccc([N+](=O)[O-])cc3)=C(N3CCCC(CO)C3)C2=O)c1. The second kappa shape index (κ2) is 8.55. The Labute approximate surface area is 185 Å². The normalized spacial score (nSPS) is 19.2. The number of benzene rings is 2. The number of carbonyl (C=O) groups excluding carboxylic acids is 2. The summed E-state index contributed by atoms with van der Waals surface area (Å²) >= 11 is 0. The molecule has 0 radical (unpaired) electrons. The fourth-order valence-corrected chi connectivity index (χ4v) is 4.42. The highest BCUT2D eigenvalue weighted by Crippen LogP contribution is 2.38. The number of piperidine rings is 1. The summed E-state index contributed by atoms with van der Waals surface area (Å²) in [5, 5.41) is 20.7. The fourth-order valence-electron chi connectivity index (χ4n) is 4.42. The third-order valence-corrected chi connectivity index (χ3v) is 6.13. The van der Waals surface area contributed by atoms with Crippen molar-refractivity contribution in [2.75, 3.05) is 24.6 Å². The maximum Gasteiger partial charge on any atom is 0.282 e. The molecular weight excluding hydrogens is 410 g/mol. The lowest BCUT2D eigenvalue weighted by atomic mass is 9.97. The molecule has 0 spiro atoms. The summed E-state index contributed by atoms with van der Waals surface area (Å²) in [6, 6.07) is 11.3. The van der Waals surface area contributed by atoms with Crippen LogP contribution in [0.25, 0.3) is 5.57 Å². The summed E-state index contributed by atoms with van der Waals surface area (Å²) in [5.41, 5.74) is 3.17. The molecule has 0 saturated carbocycles. The second-order valence-corrected chi connectivity index (χ2v) is 8.40. The number of hydrogen-bond acceptors (Lipinski definition) is 6. The lowest BCUT2D eigenvalue weighted by Gasteiger charge is -2.34. The number of imide groups is 1. The zero-order valence-corrected chi connectivity index (χ0v) is 18.1. The Morgan fingerprint density at radius 2 is 1.81 bits per heavy atom. The van der Waals surface area contributed by atoms with Crippen molar-refractivity contribution in [2.24, 2.45) is 5.92 Å². The number of nitrogens with zero attached hydrogens (tertiary/aromatic N) is 3. The van der Waals surface area contributed by atoms with Gasteiger partial charge in [0, 0.05) is 31.8 Å². The molecule has 0 aromatic heterocycles. The van der Waals surface area contributed by atoms with E-state index < -0.39 is 16.7 Å². The molecule has 2 aliphatic heterocycles. The monoisotopic (exact) mass is 435 g/mol. The number of amides is 2. The first-order valence-electron chi connectivity index (χ1n) is 10.6. The van der Waals surface area contributed by atoms with Gasteiger partial charge in [0.2, 0.25) is 0 Å². The highest BCUT2D eigenvalue weighted by atomic mass is 16.6. The van der Waals surface area contributed by atoms with E-state index >= 15 is 0 Å². The van der Waals surface area contributed by atoms with E-state index in [-0.39, 0.29) is 23.8 Å². The van der Waals surface area contributed by atoms with Gasteiger partial charge in [0.1, 0.15) is 5.70 Å². The average molecular weight is 435 g/mol. The third-order valence-electron chi connectivity index (χ3n) is 6.13. The minimum Gasteiger partial charge on any atom is -0.396 e. The van der Waals surface area contributed by atoms with E-state index in [1.54, 1.807) is 0 Å². The van der Waals surface area contributed by atoms with E-state index in [1.165, 1.54) is 29.2 Å². The van der Waals surface area contributed by atoms with Crippen LogP contribution in [0.4, 0.5) is 11.4 Å². The standard InChI is InChI=1S/C24H25N3O5/c1-15-5-6-16(2)20(12-15)26-23(29)21(18-7-9-19(10-8-18)27(31)32)22(24(26)30)25-11-3-4-17(13-25)14-28/h5-10,12,17,28H,3-4,11,13-14H2,1-2H3. The molecule has 1 saturated heterocycles. The van der Waals surface area contributed by atoms with Gasteiger partial charge in [0.05, 0.1) is 16.2 Å². The molecule has 2 heterocycles. The average Bonchev–Trinajstić information content (AvgIpc) is 3.05. The van der Waals surface area contributed by atoms with Gasteiger partial charge >= 0.3 is 0 Å². The zero-order chi connectivity index (χ0) is 23.0. The second-order valence-electron chi connectivity index (χ2n) is 8.40. The predicted octanol–water partition coefficient (Wildman–Crippen LogP) is 3.20. The first-order chi connectivity index (χ1) is 15.3. The van der Waals surface area contributed by atoms with Crippen LogP contribution < -0.4 is 4.90 Å². The van der Waals surface area contributed by atoms with Crippen LogP contribution in [0.2, 0.25) is 0 Å². The Kier molecular flexibility index (Phi) is 5.80. The molecule has 1 atom stereocenters. The number of aliphatic hydroxyl groups excluding tert-OH is 1. The van der Waals surface area contributed by atoms with Gasteiger partial charge in [-0.05, 0) is 67.5 Å². The molecule has 2 aromatic carbocycles. The zero-order valence-electron chi connectivity index (χ0n) is 18.1. The van der Waals surface area contributed by atoms with Gasteiger partial charge in [-0.25, -0.2) is 4.90 Å². The number of aryl methyl sites for hydroxylation is 2. The minimum absolute atomic E-state index is 0.0134. The molecule has 1 fully saturated rings. The first-order valence-corrected chi connectivity index (χ1v) is 10.6. The molecule has 2 amide bonds. The first kappa shape index (κ1) is 21.7. The van der Waals surface area contributed by atoms with E-state index in [2.05, 4.69) is 0 Å². The van der Waals surface area contributed by atoms with Gasteiger partial charge in [-0.15, -0.1) is 0 Å². The molecule has 0 bridgehead atoms. The van der Waals surface area contributed by atoms with Gasteiger partial charge in [-0.3, -0.25) is 19.7 Å². The van der Waals surface area contributed by atoms with Crippen molar-refractivity contribution >= 4 is 28.8 Å². The van der Waals surface area contributed by atoms with Crippen molar-refractivity contribution in [3.63, 3.8) is 0 Å². The largest absolute Gasteiger partial charge is 0.396 e. The van der Waals surface area contributed by atoms with E-state index in [4.69, 9.17) is 0 Å². The number of likely N-dealkylation sites (tertiary alicyclic amines) is 1. The highest BCUT2D eigenvalue weighted by Gasteiger charge is 2.43.